The average molecular weight is 325 g/mol. The Hall–Kier alpha value is -1.46. The van der Waals surface area contributed by atoms with Gasteiger partial charge in [-0.2, -0.15) is 0 Å². The van der Waals surface area contributed by atoms with Crippen LogP contribution in [0.5, 0.6) is 0 Å². The lowest BCUT2D eigenvalue weighted by Gasteiger charge is -2.25. The molecule has 0 spiro atoms. The van der Waals surface area contributed by atoms with Crippen molar-refractivity contribution in [1.29, 1.82) is 0 Å². The fourth-order valence-electron chi connectivity index (χ4n) is 2.48. The van der Waals surface area contributed by atoms with E-state index in [9.17, 15) is 4.39 Å². The predicted molar refractivity (Wildman–Crippen MR) is 90.1 cm³/mol. The Labute approximate surface area is 138 Å². The van der Waals surface area contributed by atoms with Gasteiger partial charge in [-0.05, 0) is 26.3 Å². The summed E-state index contributed by atoms with van der Waals surface area (Å²) >= 11 is 0. The third-order valence-electron chi connectivity index (χ3n) is 3.47. The second-order valence-corrected chi connectivity index (χ2v) is 5.62. The van der Waals surface area contributed by atoms with Crippen LogP contribution in [-0.2, 0) is 14.2 Å². The first kappa shape index (κ1) is 19.6. The van der Waals surface area contributed by atoms with Gasteiger partial charge in [0.15, 0.2) is 5.90 Å². The van der Waals surface area contributed by atoms with Crippen LogP contribution in [0.25, 0.3) is 0 Å². The quantitative estimate of drug-likeness (QED) is 0.381. The fraction of sp³-hybridized carbons (Fsp3) is 0.611. The first-order chi connectivity index (χ1) is 11.0. The van der Waals surface area contributed by atoms with E-state index < -0.39 is 6.10 Å². The van der Waals surface area contributed by atoms with E-state index >= 15 is 0 Å². The van der Waals surface area contributed by atoms with Crippen LogP contribution in [0, 0.1) is 5.82 Å². The highest BCUT2D eigenvalue weighted by Gasteiger charge is 2.25. The van der Waals surface area contributed by atoms with E-state index in [0.29, 0.717) is 11.5 Å². The molecular formula is C18H28FNO3. The SMILES string of the molecule is CCCC(C)N=C(C)OC(C)C(OCOC)c1ccccc1F. The molecule has 23 heavy (non-hydrogen) atoms. The number of hydrogen-bond acceptors (Lipinski definition) is 4. The van der Waals surface area contributed by atoms with Gasteiger partial charge in [-0.1, -0.05) is 31.5 Å². The lowest BCUT2D eigenvalue weighted by Crippen LogP contribution is -2.26. The highest BCUT2D eigenvalue weighted by atomic mass is 19.1. The highest BCUT2D eigenvalue weighted by molar-refractivity contribution is 5.73. The molecule has 0 aliphatic carbocycles. The standard InChI is InChI=1S/C18H28FNO3/c1-6-9-13(2)20-15(4)23-14(3)18(22-12-21-5)16-10-7-8-11-17(16)19/h7-8,10-11,13-14,18H,6,9,12H2,1-5H3. The van der Waals surface area contributed by atoms with Crippen molar-refractivity contribution in [2.24, 2.45) is 4.99 Å². The molecule has 0 aromatic heterocycles. The summed E-state index contributed by atoms with van der Waals surface area (Å²) in [6, 6.07) is 6.74. The van der Waals surface area contributed by atoms with Crippen LogP contribution in [0.4, 0.5) is 4.39 Å². The van der Waals surface area contributed by atoms with Crippen molar-refractivity contribution in [1.82, 2.24) is 0 Å². The second kappa shape index (κ2) is 10.3. The zero-order valence-corrected chi connectivity index (χ0v) is 14.7. The molecule has 1 rings (SSSR count). The molecule has 0 amide bonds. The van der Waals surface area contributed by atoms with Crippen molar-refractivity contribution in [3.8, 4) is 0 Å². The Kier molecular flexibility index (Phi) is 8.81. The normalized spacial score (nSPS) is 16.0. The van der Waals surface area contributed by atoms with E-state index in [0.717, 1.165) is 12.8 Å². The summed E-state index contributed by atoms with van der Waals surface area (Å²) in [5, 5.41) is 0. The number of rotatable bonds is 9. The Morgan fingerprint density at radius 3 is 2.57 bits per heavy atom. The number of halogens is 1. The average Bonchev–Trinajstić information content (AvgIpc) is 2.49. The second-order valence-electron chi connectivity index (χ2n) is 5.62. The van der Waals surface area contributed by atoms with Crippen LogP contribution in [0.2, 0.25) is 0 Å². The Morgan fingerprint density at radius 1 is 1.26 bits per heavy atom. The third-order valence-corrected chi connectivity index (χ3v) is 3.47. The zero-order valence-electron chi connectivity index (χ0n) is 14.7. The Bertz CT molecular complexity index is 493. The minimum Gasteiger partial charge on any atom is -0.475 e. The number of methoxy groups -OCH3 is 1. The zero-order chi connectivity index (χ0) is 17.2. The fourth-order valence-corrected chi connectivity index (χ4v) is 2.48. The summed E-state index contributed by atoms with van der Waals surface area (Å²) in [6.07, 6.45) is 1.12. The van der Waals surface area contributed by atoms with Gasteiger partial charge in [0.05, 0.1) is 6.04 Å². The molecule has 3 unspecified atom stereocenters. The molecule has 5 heteroatoms. The van der Waals surface area contributed by atoms with Gasteiger partial charge in [0.2, 0.25) is 0 Å². The van der Waals surface area contributed by atoms with Gasteiger partial charge < -0.3 is 14.2 Å². The number of benzene rings is 1. The number of aliphatic imine (C=N–C) groups is 1. The molecule has 130 valence electrons. The maximum Gasteiger partial charge on any atom is 0.180 e. The third kappa shape index (κ3) is 6.67. The largest absolute Gasteiger partial charge is 0.475 e. The van der Waals surface area contributed by atoms with Crippen LogP contribution < -0.4 is 0 Å². The molecule has 0 bridgehead atoms. The molecule has 0 radical (unpaired) electrons. The maximum absolute atomic E-state index is 14.1. The van der Waals surface area contributed by atoms with Crippen LogP contribution in [-0.4, -0.2) is 31.9 Å². The number of hydrogen-bond donors (Lipinski definition) is 0. The van der Waals surface area contributed by atoms with Gasteiger partial charge in [-0.3, -0.25) is 4.99 Å². The summed E-state index contributed by atoms with van der Waals surface area (Å²) < 4.78 is 30.5. The van der Waals surface area contributed by atoms with Crippen LogP contribution in [0.1, 0.15) is 52.2 Å². The van der Waals surface area contributed by atoms with Crippen molar-refractivity contribution in [3.63, 3.8) is 0 Å². The smallest absolute Gasteiger partial charge is 0.180 e. The van der Waals surface area contributed by atoms with Gasteiger partial charge >= 0.3 is 0 Å². The van der Waals surface area contributed by atoms with Gasteiger partial charge in [-0.15, -0.1) is 0 Å². The van der Waals surface area contributed by atoms with E-state index in [1.807, 2.05) is 13.8 Å². The van der Waals surface area contributed by atoms with E-state index in [4.69, 9.17) is 14.2 Å². The van der Waals surface area contributed by atoms with Crippen LogP contribution in [0.15, 0.2) is 29.3 Å². The minimum atomic E-state index is -0.567. The molecule has 0 aliphatic rings. The molecule has 4 nitrogen and oxygen atoms in total. The monoisotopic (exact) mass is 325 g/mol. The molecule has 0 fully saturated rings. The molecule has 1 aromatic rings. The minimum absolute atomic E-state index is 0.0646. The Morgan fingerprint density at radius 2 is 1.96 bits per heavy atom. The highest BCUT2D eigenvalue weighted by Crippen LogP contribution is 2.26. The predicted octanol–water partition coefficient (Wildman–Crippen LogP) is 4.50. The van der Waals surface area contributed by atoms with Crippen molar-refractivity contribution < 1.29 is 18.6 Å². The molecule has 1 aromatic carbocycles. The Balaban J connectivity index is 2.84. The van der Waals surface area contributed by atoms with E-state index in [1.54, 1.807) is 18.2 Å². The van der Waals surface area contributed by atoms with Crippen molar-refractivity contribution in [3.05, 3.63) is 35.6 Å². The van der Waals surface area contributed by atoms with Gasteiger partial charge in [0.1, 0.15) is 24.8 Å². The van der Waals surface area contributed by atoms with Crippen molar-refractivity contribution >= 4 is 5.90 Å². The van der Waals surface area contributed by atoms with Crippen molar-refractivity contribution in [2.45, 2.75) is 58.8 Å². The number of nitrogens with zero attached hydrogens (tertiary/aromatic N) is 1. The van der Waals surface area contributed by atoms with Gasteiger partial charge in [-0.25, -0.2) is 4.39 Å². The summed E-state index contributed by atoms with van der Waals surface area (Å²) in [5.74, 6) is 0.263. The van der Waals surface area contributed by atoms with E-state index in [2.05, 4.69) is 18.8 Å². The lowest BCUT2D eigenvalue weighted by atomic mass is 10.0. The van der Waals surface area contributed by atoms with E-state index in [1.165, 1.54) is 13.2 Å². The van der Waals surface area contributed by atoms with Gasteiger partial charge in [0, 0.05) is 19.6 Å². The molecule has 0 saturated carbocycles. The molecule has 0 aliphatic heterocycles. The molecule has 0 N–H and O–H groups in total. The summed E-state index contributed by atoms with van der Waals surface area (Å²) in [4.78, 5) is 4.50. The topological polar surface area (TPSA) is 40.0 Å². The van der Waals surface area contributed by atoms with Crippen LogP contribution in [0.3, 0.4) is 0 Å². The van der Waals surface area contributed by atoms with Gasteiger partial charge in [0.25, 0.3) is 0 Å². The first-order valence-corrected chi connectivity index (χ1v) is 8.05. The lowest BCUT2D eigenvalue weighted by molar-refractivity contribution is -0.108. The van der Waals surface area contributed by atoms with E-state index in [-0.39, 0.29) is 24.8 Å². The molecule has 3 atom stereocenters. The van der Waals surface area contributed by atoms with Crippen molar-refractivity contribution in [2.75, 3.05) is 13.9 Å². The van der Waals surface area contributed by atoms with Crippen LogP contribution >= 0.6 is 0 Å². The molecule has 0 heterocycles. The summed E-state index contributed by atoms with van der Waals surface area (Å²) in [6.45, 7) is 7.90. The summed E-state index contributed by atoms with van der Waals surface area (Å²) in [5.41, 5.74) is 0.450. The summed E-state index contributed by atoms with van der Waals surface area (Å²) in [7, 11) is 1.53. The maximum atomic E-state index is 14.1. The number of ether oxygens (including phenoxy) is 3. The molecular weight excluding hydrogens is 297 g/mol. The first-order valence-electron chi connectivity index (χ1n) is 8.05. The molecule has 0 saturated heterocycles.